The fourth-order valence-corrected chi connectivity index (χ4v) is 4.86. The first-order chi connectivity index (χ1) is 14.0. The second-order valence-corrected chi connectivity index (χ2v) is 7.73. The third-order valence-corrected chi connectivity index (χ3v) is 6.47. The van der Waals surface area contributed by atoms with Crippen LogP contribution in [-0.2, 0) is 4.74 Å². The van der Waals surface area contributed by atoms with Crippen LogP contribution >= 0.6 is 0 Å². The number of methoxy groups -OCH3 is 3. The zero-order valence-electron chi connectivity index (χ0n) is 17.1. The first-order valence-corrected chi connectivity index (χ1v) is 9.65. The van der Waals surface area contributed by atoms with E-state index in [0.29, 0.717) is 28.7 Å². The van der Waals surface area contributed by atoms with Gasteiger partial charge in [-0.05, 0) is 35.1 Å². The van der Waals surface area contributed by atoms with Gasteiger partial charge in [0.15, 0.2) is 23.0 Å². The van der Waals surface area contributed by atoms with Crippen LogP contribution in [0.2, 0.25) is 0 Å². The molecule has 0 amide bonds. The highest BCUT2D eigenvalue weighted by molar-refractivity contribution is 5.86. The van der Waals surface area contributed by atoms with Gasteiger partial charge in [0.2, 0.25) is 18.3 Å². The van der Waals surface area contributed by atoms with E-state index in [9.17, 15) is 5.11 Å². The topological polar surface area (TPSA) is 75.6 Å². The van der Waals surface area contributed by atoms with Crippen LogP contribution in [0.5, 0.6) is 34.5 Å². The number of hydrogen-bond donors (Lipinski definition) is 1. The molecule has 2 bridgehead atoms. The predicted octanol–water partition coefficient (Wildman–Crippen LogP) is 4.21. The molecule has 1 fully saturated rings. The van der Waals surface area contributed by atoms with Crippen LogP contribution in [0.15, 0.2) is 12.1 Å². The molecule has 7 nitrogen and oxygen atoms in total. The standard InChI is InChI=1S/C22H24O7/c1-9-10(2)19-16-11(6-13(24-3)17(23)21(16)25-4)15-12(18(9)29-19)7-14-20(22(15)26-5)28-8-27-14/h6-7,9-10,18-19,23H,8H2,1-5H3/t9-,10+,18-,19+/m1/s1. The summed E-state index contributed by atoms with van der Waals surface area (Å²) in [6.07, 6.45) is -0.399. The van der Waals surface area contributed by atoms with E-state index in [4.69, 9.17) is 28.4 Å². The van der Waals surface area contributed by atoms with E-state index >= 15 is 0 Å². The van der Waals surface area contributed by atoms with Crippen molar-refractivity contribution in [2.24, 2.45) is 11.8 Å². The normalized spacial score (nSPS) is 25.8. The van der Waals surface area contributed by atoms with Crippen LogP contribution in [0.1, 0.15) is 37.2 Å². The summed E-state index contributed by atoms with van der Waals surface area (Å²) < 4.78 is 34.8. The lowest BCUT2D eigenvalue weighted by Crippen LogP contribution is -2.15. The molecule has 0 spiro atoms. The van der Waals surface area contributed by atoms with E-state index in [1.54, 1.807) is 7.11 Å². The van der Waals surface area contributed by atoms with Gasteiger partial charge in [-0.25, -0.2) is 0 Å². The maximum Gasteiger partial charge on any atom is 0.231 e. The Balaban J connectivity index is 1.93. The van der Waals surface area contributed by atoms with Gasteiger partial charge in [-0.2, -0.15) is 0 Å². The second-order valence-electron chi connectivity index (χ2n) is 7.73. The number of benzene rings is 2. The average Bonchev–Trinajstić information content (AvgIpc) is 3.27. The van der Waals surface area contributed by atoms with Crippen molar-refractivity contribution in [3.63, 3.8) is 0 Å². The van der Waals surface area contributed by atoms with Crippen LogP contribution in [0, 0.1) is 11.8 Å². The summed E-state index contributed by atoms with van der Waals surface area (Å²) in [7, 11) is 4.67. The molecule has 7 heteroatoms. The molecule has 3 aliphatic heterocycles. The third-order valence-electron chi connectivity index (χ3n) is 6.47. The van der Waals surface area contributed by atoms with Crippen molar-refractivity contribution in [3.05, 3.63) is 23.3 Å². The van der Waals surface area contributed by atoms with Gasteiger partial charge in [0.25, 0.3) is 0 Å². The number of hydrogen-bond acceptors (Lipinski definition) is 7. The zero-order chi connectivity index (χ0) is 20.4. The van der Waals surface area contributed by atoms with E-state index in [1.807, 2.05) is 12.1 Å². The number of ether oxygens (including phenoxy) is 6. The Morgan fingerprint density at radius 2 is 1.66 bits per heavy atom. The van der Waals surface area contributed by atoms with Crippen LogP contribution in [0.25, 0.3) is 11.1 Å². The fraction of sp³-hybridized carbons (Fsp3) is 0.455. The molecule has 0 saturated carbocycles. The molecule has 1 N–H and O–H groups in total. The molecule has 3 heterocycles. The summed E-state index contributed by atoms with van der Waals surface area (Å²) in [5.74, 6) is 2.90. The van der Waals surface area contributed by atoms with Crippen molar-refractivity contribution in [1.82, 2.24) is 0 Å². The van der Waals surface area contributed by atoms with Gasteiger partial charge >= 0.3 is 0 Å². The second kappa shape index (κ2) is 6.35. The van der Waals surface area contributed by atoms with E-state index in [1.165, 1.54) is 14.2 Å². The summed E-state index contributed by atoms with van der Waals surface area (Å²) in [5, 5.41) is 10.8. The first kappa shape index (κ1) is 18.2. The maximum atomic E-state index is 10.8. The number of phenolic OH excluding ortho intramolecular Hbond substituents is 1. The molecule has 4 atom stereocenters. The lowest BCUT2D eigenvalue weighted by atomic mass is 9.77. The highest BCUT2D eigenvalue weighted by Crippen LogP contribution is 2.63. The number of rotatable bonds is 3. The Hall–Kier alpha value is -2.80. The van der Waals surface area contributed by atoms with Crippen LogP contribution in [0.3, 0.4) is 0 Å². The van der Waals surface area contributed by atoms with Crippen molar-refractivity contribution in [2.45, 2.75) is 26.1 Å². The van der Waals surface area contributed by atoms with Crippen molar-refractivity contribution < 1.29 is 33.5 Å². The lowest BCUT2D eigenvalue weighted by molar-refractivity contribution is 0.0300. The van der Waals surface area contributed by atoms with Crippen molar-refractivity contribution in [2.75, 3.05) is 28.1 Å². The Labute approximate surface area is 169 Å². The summed E-state index contributed by atoms with van der Waals surface area (Å²) >= 11 is 0. The molecule has 1 saturated heterocycles. The van der Waals surface area contributed by atoms with E-state index < -0.39 is 0 Å². The Morgan fingerprint density at radius 3 is 2.34 bits per heavy atom. The third kappa shape index (κ3) is 2.28. The highest BCUT2D eigenvalue weighted by Gasteiger charge is 2.48. The smallest absolute Gasteiger partial charge is 0.231 e. The van der Waals surface area contributed by atoms with Gasteiger partial charge in [-0.15, -0.1) is 0 Å². The molecule has 2 aromatic rings. The molecular formula is C22H24O7. The summed E-state index contributed by atoms with van der Waals surface area (Å²) in [6.45, 7) is 4.48. The quantitative estimate of drug-likeness (QED) is 0.827. The molecule has 2 aromatic carbocycles. The average molecular weight is 400 g/mol. The lowest BCUT2D eigenvalue weighted by Gasteiger charge is -2.27. The van der Waals surface area contributed by atoms with E-state index in [-0.39, 0.29) is 36.6 Å². The van der Waals surface area contributed by atoms with Crippen molar-refractivity contribution in [3.8, 4) is 45.6 Å². The summed E-state index contributed by atoms with van der Waals surface area (Å²) in [5.41, 5.74) is 3.47. The number of aromatic hydroxyl groups is 1. The molecule has 29 heavy (non-hydrogen) atoms. The van der Waals surface area contributed by atoms with Gasteiger partial charge in [0, 0.05) is 11.1 Å². The minimum absolute atomic E-state index is 0.0381. The van der Waals surface area contributed by atoms with Crippen LogP contribution in [-0.4, -0.2) is 33.2 Å². The summed E-state index contributed by atoms with van der Waals surface area (Å²) in [6, 6.07) is 3.80. The summed E-state index contributed by atoms with van der Waals surface area (Å²) in [4.78, 5) is 0. The molecule has 5 rings (SSSR count). The van der Waals surface area contributed by atoms with Crippen LogP contribution in [0.4, 0.5) is 0 Å². The molecule has 3 aliphatic rings. The first-order valence-electron chi connectivity index (χ1n) is 9.65. The van der Waals surface area contributed by atoms with E-state index in [2.05, 4.69) is 13.8 Å². The maximum absolute atomic E-state index is 10.8. The molecule has 0 radical (unpaired) electrons. The van der Waals surface area contributed by atoms with Gasteiger partial charge in [0.1, 0.15) is 0 Å². The number of fused-ring (bicyclic) bond motifs is 8. The molecular weight excluding hydrogens is 376 g/mol. The zero-order valence-corrected chi connectivity index (χ0v) is 17.1. The Bertz CT molecular complexity index is 1000. The predicted molar refractivity (Wildman–Crippen MR) is 104 cm³/mol. The molecule has 0 aromatic heterocycles. The SMILES string of the molecule is COc1cc2c(c(OC)c1O)[C@H]1O[C@@H](c3cc4c(c(OC)c3-2)OCO4)[C@H](C)[C@@H]1C. The largest absolute Gasteiger partial charge is 0.502 e. The molecule has 0 aliphatic carbocycles. The van der Waals surface area contributed by atoms with Gasteiger partial charge in [-0.1, -0.05) is 13.8 Å². The van der Waals surface area contributed by atoms with Gasteiger partial charge in [0.05, 0.1) is 33.5 Å². The highest BCUT2D eigenvalue weighted by atomic mass is 16.7. The van der Waals surface area contributed by atoms with Crippen molar-refractivity contribution in [1.29, 1.82) is 0 Å². The minimum atomic E-state index is -0.245. The Kier molecular flexibility index (Phi) is 4.00. The molecule has 154 valence electrons. The Morgan fingerprint density at radius 1 is 0.931 bits per heavy atom. The van der Waals surface area contributed by atoms with Gasteiger partial charge in [-0.3, -0.25) is 0 Å². The molecule has 0 unspecified atom stereocenters. The minimum Gasteiger partial charge on any atom is -0.502 e. The van der Waals surface area contributed by atoms with E-state index in [0.717, 1.165) is 22.3 Å². The van der Waals surface area contributed by atoms with Crippen molar-refractivity contribution >= 4 is 0 Å². The fourth-order valence-electron chi connectivity index (χ4n) is 4.86. The number of phenols is 1. The van der Waals surface area contributed by atoms with Crippen LogP contribution < -0.4 is 23.7 Å². The van der Waals surface area contributed by atoms with Gasteiger partial charge < -0.3 is 33.5 Å². The monoisotopic (exact) mass is 400 g/mol.